The molecule has 0 aliphatic carbocycles. The Labute approximate surface area is 110 Å². The zero-order valence-electron chi connectivity index (χ0n) is 9.88. The van der Waals surface area contributed by atoms with Gasteiger partial charge in [0.05, 0.1) is 0 Å². The van der Waals surface area contributed by atoms with Crippen molar-refractivity contribution in [2.75, 3.05) is 0 Å². The number of aryl methyl sites for hydroxylation is 1. The van der Waals surface area contributed by atoms with E-state index in [0.717, 1.165) is 35.8 Å². The number of hydrogen-bond acceptors (Lipinski definition) is 3. The molecule has 1 unspecified atom stereocenters. The van der Waals surface area contributed by atoms with Gasteiger partial charge in [-0.25, -0.2) is 9.67 Å². The Morgan fingerprint density at radius 2 is 2.22 bits per heavy atom. The molecule has 0 saturated carbocycles. The van der Waals surface area contributed by atoms with Gasteiger partial charge in [0.2, 0.25) is 0 Å². The Kier molecular flexibility index (Phi) is 3.06. The molecule has 94 valence electrons. The molecule has 0 radical (unpaired) electrons. The van der Waals surface area contributed by atoms with Gasteiger partial charge in [0.1, 0.15) is 6.10 Å². The second kappa shape index (κ2) is 4.71. The second-order valence-corrected chi connectivity index (χ2v) is 4.94. The molecule has 1 aromatic carbocycles. The van der Waals surface area contributed by atoms with Crippen LogP contribution < -0.4 is 0 Å². The van der Waals surface area contributed by atoms with Crippen LogP contribution in [0.25, 0.3) is 0 Å². The van der Waals surface area contributed by atoms with E-state index in [2.05, 4.69) is 10.1 Å². The summed E-state index contributed by atoms with van der Waals surface area (Å²) in [6.07, 6.45) is 1.84. The summed E-state index contributed by atoms with van der Waals surface area (Å²) in [5.74, 6) is 1.40. The van der Waals surface area contributed by atoms with Crippen LogP contribution in [0.15, 0.2) is 24.3 Å². The molecule has 4 nitrogen and oxygen atoms in total. The van der Waals surface area contributed by atoms with E-state index in [-0.39, 0.29) is 0 Å². The number of halogens is 1. The Hall–Kier alpha value is -1.39. The molecular formula is C13H14ClN3O. The van der Waals surface area contributed by atoms with Crippen LogP contribution in [-0.2, 0) is 13.0 Å². The summed E-state index contributed by atoms with van der Waals surface area (Å²) >= 11 is 6.12. The number of aliphatic hydroxyl groups excluding tert-OH is 1. The third kappa shape index (κ3) is 2.13. The lowest BCUT2D eigenvalue weighted by molar-refractivity contribution is 0.130. The van der Waals surface area contributed by atoms with Gasteiger partial charge in [0, 0.05) is 18.0 Å². The molecule has 0 spiro atoms. The lowest BCUT2D eigenvalue weighted by Gasteiger charge is -2.16. The monoisotopic (exact) mass is 263 g/mol. The molecular weight excluding hydrogens is 250 g/mol. The first-order chi connectivity index (χ1) is 8.74. The van der Waals surface area contributed by atoms with E-state index in [1.807, 2.05) is 24.3 Å². The lowest BCUT2D eigenvalue weighted by atomic mass is 10.1. The molecule has 5 heteroatoms. The summed E-state index contributed by atoms with van der Waals surface area (Å²) in [7, 11) is 0. The largest absolute Gasteiger partial charge is 0.385 e. The third-order valence-electron chi connectivity index (χ3n) is 3.20. The van der Waals surface area contributed by atoms with Gasteiger partial charge in [0.25, 0.3) is 0 Å². The Bertz CT molecular complexity index is 567. The smallest absolute Gasteiger partial charge is 0.156 e. The van der Waals surface area contributed by atoms with E-state index in [4.69, 9.17) is 11.6 Å². The number of rotatable bonds is 2. The number of hydrogen-bond donors (Lipinski definition) is 1. The maximum atomic E-state index is 9.85. The molecule has 18 heavy (non-hydrogen) atoms. The normalized spacial score (nSPS) is 18.7. The third-order valence-corrected chi connectivity index (χ3v) is 3.56. The van der Waals surface area contributed by atoms with Crippen LogP contribution in [0, 0.1) is 0 Å². The van der Waals surface area contributed by atoms with E-state index in [0.29, 0.717) is 12.2 Å². The van der Waals surface area contributed by atoms with Gasteiger partial charge in [-0.3, -0.25) is 0 Å². The summed E-state index contributed by atoms with van der Waals surface area (Å²) < 4.78 is 1.81. The van der Waals surface area contributed by atoms with Crippen molar-refractivity contribution >= 4 is 11.6 Å². The minimum absolute atomic E-state index is 0.480. The van der Waals surface area contributed by atoms with Crippen molar-refractivity contribution in [1.82, 2.24) is 14.8 Å². The number of benzene rings is 1. The van der Waals surface area contributed by atoms with Crippen molar-refractivity contribution in [2.24, 2.45) is 0 Å². The standard InChI is InChI=1S/C13H14ClN3O/c14-10-5-2-1-4-9(10)8-12-15-13-11(18)6-3-7-17(13)16-12/h1-2,4-5,11,18H,3,6-8H2. The van der Waals surface area contributed by atoms with Gasteiger partial charge in [-0.1, -0.05) is 29.8 Å². The van der Waals surface area contributed by atoms with Crippen molar-refractivity contribution in [3.8, 4) is 0 Å². The number of fused-ring (bicyclic) bond motifs is 1. The van der Waals surface area contributed by atoms with Crippen LogP contribution in [0.2, 0.25) is 5.02 Å². The average molecular weight is 264 g/mol. The van der Waals surface area contributed by atoms with Crippen molar-refractivity contribution < 1.29 is 5.11 Å². The maximum absolute atomic E-state index is 9.85. The molecule has 1 aliphatic heterocycles. The first kappa shape index (κ1) is 11.7. The summed E-state index contributed by atoms with van der Waals surface area (Å²) in [5.41, 5.74) is 1.01. The molecule has 1 aromatic heterocycles. The van der Waals surface area contributed by atoms with Crippen molar-refractivity contribution in [3.63, 3.8) is 0 Å². The number of nitrogens with zero attached hydrogens (tertiary/aromatic N) is 3. The van der Waals surface area contributed by atoms with Gasteiger partial charge >= 0.3 is 0 Å². The molecule has 1 atom stereocenters. The zero-order chi connectivity index (χ0) is 12.5. The first-order valence-corrected chi connectivity index (χ1v) is 6.47. The SMILES string of the molecule is OC1CCCn2nc(Cc3ccccc3Cl)nc21. The van der Waals surface area contributed by atoms with E-state index < -0.39 is 6.10 Å². The Balaban J connectivity index is 1.88. The summed E-state index contributed by atoms with van der Waals surface area (Å²) in [6, 6.07) is 7.69. The topological polar surface area (TPSA) is 50.9 Å². The zero-order valence-corrected chi connectivity index (χ0v) is 10.6. The Morgan fingerprint density at radius 3 is 3.00 bits per heavy atom. The molecule has 0 bridgehead atoms. The molecule has 2 heterocycles. The lowest BCUT2D eigenvalue weighted by Crippen LogP contribution is -2.16. The number of aromatic nitrogens is 3. The van der Waals surface area contributed by atoms with Crippen molar-refractivity contribution in [3.05, 3.63) is 46.5 Å². The minimum atomic E-state index is -0.480. The molecule has 0 saturated heterocycles. The highest BCUT2D eigenvalue weighted by atomic mass is 35.5. The molecule has 2 aromatic rings. The van der Waals surface area contributed by atoms with Crippen molar-refractivity contribution in [2.45, 2.75) is 31.9 Å². The predicted octanol–water partition coefficient (Wildman–Crippen LogP) is 2.35. The maximum Gasteiger partial charge on any atom is 0.156 e. The van der Waals surface area contributed by atoms with E-state index in [9.17, 15) is 5.11 Å². The fourth-order valence-electron chi connectivity index (χ4n) is 2.26. The average Bonchev–Trinajstić information content (AvgIpc) is 2.76. The summed E-state index contributed by atoms with van der Waals surface area (Å²) in [5, 5.41) is 15.0. The minimum Gasteiger partial charge on any atom is -0.385 e. The first-order valence-electron chi connectivity index (χ1n) is 6.09. The summed E-state index contributed by atoms with van der Waals surface area (Å²) in [6.45, 7) is 0.835. The highest BCUT2D eigenvalue weighted by molar-refractivity contribution is 6.31. The van der Waals surface area contributed by atoms with E-state index in [1.54, 1.807) is 4.68 Å². The highest BCUT2D eigenvalue weighted by Crippen LogP contribution is 2.24. The van der Waals surface area contributed by atoms with Gasteiger partial charge < -0.3 is 5.11 Å². The quantitative estimate of drug-likeness (QED) is 0.905. The fourth-order valence-corrected chi connectivity index (χ4v) is 2.47. The van der Waals surface area contributed by atoms with Crippen molar-refractivity contribution in [1.29, 1.82) is 0 Å². The molecule has 3 rings (SSSR count). The van der Waals surface area contributed by atoms with Crippen LogP contribution in [0.3, 0.4) is 0 Å². The fraction of sp³-hybridized carbons (Fsp3) is 0.385. The Morgan fingerprint density at radius 1 is 1.39 bits per heavy atom. The summed E-state index contributed by atoms with van der Waals surface area (Å²) in [4.78, 5) is 4.41. The molecule has 1 N–H and O–H groups in total. The second-order valence-electron chi connectivity index (χ2n) is 4.54. The number of aliphatic hydroxyl groups is 1. The van der Waals surface area contributed by atoms with Crippen LogP contribution in [0.1, 0.15) is 36.2 Å². The van der Waals surface area contributed by atoms with E-state index in [1.165, 1.54) is 0 Å². The van der Waals surface area contributed by atoms with Crippen LogP contribution in [0.5, 0.6) is 0 Å². The van der Waals surface area contributed by atoms with E-state index >= 15 is 0 Å². The highest BCUT2D eigenvalue weighted by Gasteiger charge is 2.22. The van der Waals surface area contributed by atoms with Crippen LogP contribution in [0.4, 0.5) is 0 Å². The van der Waals surface area contributed by atoms with Gasteiger partial charge in [0.15, 0.2) is 11.6 Å². The van der Waals surface area contributed by atoms with Crippen LogP contribution >= 0.6 is 11.6 Å². The predicted molar refractivity (Wildman–Crippen MR) is 68.5 cm³/mol. The molecule has 1 aliphatic rings. The van der Waals surface area contributed by atoms with Gasteiger partial charge in [-0.2, -0.15) is 5.10 Å². The van der Waals surface area contributed by atoms with Gasteiger partial charge in [-0.15, -0.1) is 0 Å². The molecule has 0 amide bonds. The van der Waals surface area contributed by atoms with Crippen LogP contribution in [-0.4, -0.2) is 19.9 Å². The molecule has 0 fully saturated rings. The van der Waals surface area contributed by atoms with Gasteiger partial charge in [-0.05, 0) is 24.5 Å².